The Morgan fingerprint density at radius 2 is 1.64 bits per heavy atom. The molecule has 1 aliphatic rings. The number of rotatable bonds is 6. The van der Waals surface area contributed by atoms with Crippen molar-refractivity contribution in [2.45, 2.75) is 39.5 Å². The second-order valence-electron chi connectivity index (χ2n) is 9.00. The third-order valence-corrected chi connectivity index (χ3v) is 6.43. The van der Waals surface area contributed by atoms with Crippen LogP contribution in [0.15, 0.2) is 82.8 Å². The standard InChI is InChI=1S/C29H26BrNO5/c1-17(2)36-29(35)21-9-7-19(8-10-21)16-31-25(22-6-4-5-18(3)15-22)24(27(33)28(31)34)26(32)20-11-13-23(30)14-12-20/h4-15,17,25,32H,16H2,1-3H3/b26-24+. The van der Waals surface area contributed by atoms with E-state index in [-0.39, 0.29) is 24.0 Å². The maximum Gasteiger partial charge on any atom is 0.338 e. The smallest absolute Gasteiger partial charge is 0.338 e. The van der Waals surface area contributed by atoms with Crippen LogP contribution in [-0.4, -0.2) is 33.8 Å². The number of hydrogen-bond donors (Lipinski definition) is 1. The molecule has 3 aromatic rings. The topological polar surface area (TPSA) is 83.9 Å². The number of ether oxygens (including phenoxy) is 1. The lowest BCUT2D eigenvalue weighted by molar-refractivity contribution is -0.140. The fourth-order valence-corrected chi connectivity index (χ4v) is 4.48. The highest BCUT2D eigenvalue weighted by Crippen LogP contribution is 2.40. The minimum absolute atomic E-state index is 0.0463. The van der Waals surface area contributed by atoms with Crippen molar-refractivity contribution in [1.29, 1.82) is 0 Å². The van der Waals surface area contributed by atoms with E-state index in [2.05, 4.69) is 15.9 Å². The summed E-state index contributed by atoms with van der Waals surface area (Å²) in [6, 6.07) is 20.4. The Bertz CT molecular complexity index is 1340. The van der Waals surface area contributed by atoms with Gasteiger partial charge in [0.25, 0.3) is 11.7 Å². The fourth-order valence-electron chi connectivity index (χ4n) is 4.22. The highest BCUT2D eigenvalue weighted by molar-refractivity contribution is 9.10. The van der Waals surface area contributed by atoms with Gasteiger partial charge in [-0.1, -0.05) is 70.0 Å². The van der Waals surface area contributed by atoms with Gasteiger partial charge in [0.15, 0.2) is 0 Å². The highest BCUT2D eigenvalue weighted by Gasteiger charge is 2.46. The van der Waals surface area contributed by atoms with E-state index in [1.165, 1.54) is 4.90 Å². The number of esters is 1. The summed E-state index contributed by atoms with van der Waals surface area (Å²) in [5, 5.41) is 11.2. The Morgan fingerprint density at radius 3 is 2.25 bits per heavy atom. The largest absolute Gasteiger partial charge is 0.507 e. The molecule has 184 valence electrons. The summed E-state index contributed by atoms with van der Waals surface area (Å²) in [4.78, 5) is 40.1. The maximum atomic E-state index is 13.2. The molecule has 1 aliphatic heterocycles. The Hall–Kier alpha value is -3.71. The van der Waals surface area contributed by atoms with Gasteiger partial charge in [0, 0.05) is 16.6 Å². The zero-order valence-electron chi connectivity index (χ0n) is 20.2. The van der Waals surface area contributed by atoms with Gasteiger partial charge in [-0.15, -0.1) is 0 Å². The van der Waals surface area contributed by atoms with Crippen molar-refractivity contribution in [3.8, 4) is 0 Å². The third kappa shape index (κ3) is 5.26. The van der Waals surface area contributed by atoms with Crippen molar-refractivity contribution in [2.24, 2.45) is 0 Å². The van der Waals surface area contributed by atoms with Crippen LogP contribution in [0, 0.1) is 6.92 Å². The molecule has 1 unspecified atom stereocenters. The molecule has 0 bridgehead atoms. The summed E-state index contributed by atoms with van der Waals surface area (Å²) >= 11 is 3.37. The van der Waals surface area contributed by atoms with Crippen molar-refractivity contribution in [1.82, 2.24) is 4.90 Å². The molecule has 1 saturated heterocycles. The molecule has 7 heteroatoms. The predicted octanol–water partition coefficient (Wildman–Crippen LogP) is 5.94. The quantitative estimate of drug-likeness (QED) is 0.178. The molecule has 0 radical (unpaired) electrons. The Labute approximate surface area is 218 Å². The molecule has 3 aromatic carbocycles. The van der Waals surface area contributed by atoms with E-state index in [4.69, 9.17) is 4.74 Å². The molecule has 6 nitrogen and oxygen atoms in total. The number of aliphatic hydroxyl groups excluding tert-OH is 1. The van der Waals surface area contributed by atoms with E-state index in [0.29, 0.717) is 11.1 Å². The number of Topliss-reactive ketones (excluding diaryl/α,β-unsaturated/α-hetero) is 1. The second-order valence-corrected chi connectivity index (χ2v) is 9.91. The summed E-state index contributed by atoms with van der Waals surface area (Å²) in [6.45, 7) is 5.62. The lowest BCUT2D eigenvalue weighted by Crippen LogP contribution is -2.29. The predicted molar refractivity (Wildman–Crippen MR) is 140 cm³/mol. The normalized spacial score (nSPS) is 17.0. The zero-order chi connectivity index (χ0) is 26.0. The Morgan fingerprint density at radius 1 is 1.00 bits per heavy atom. The van der Waals surface area contributed by atoms with Gasteiger partial charge in [-0.05, 0) is 56.2 Å². The van der Waals surface area contributed by atoms with Gasteiger partial charge < -0.3 is 14.7 Å². The van der Waals surface area contributed by atoms with E-state index in [0.717, 1.165) is 21.2 Å². The number of amides is 1. The molecule has 0 aliphatic carbocycles. The van der Waals surface area contributed by atoms with Crippen LogP contribution < -0.4 is 0 Å². The zero-order valence-corrected chi connectivity index (χ0v) is 21.8. The van der Waals surface area contributed by atoms with Gasteiger partial charge in [0.05, 0.1) is 23.3 Å². The number of likely N-dealkylation sites (tertiary alicyclic amines) is 1. The number of carbonyl (C=O) groups excluding carboxylic acids is 3. The minimum Gasteiger partial charge on any atom is -0.507 e. The molecule has 0 spiro atoms. The summed E-state index contributed by atoms with van der Waals surface area (Å²) in [5.41, 5.74) is 3.32. The highest BCUT2D eigenvalue weighted by atomic mass is 79.9. The lowest BCUT2D eigenvalue weighted by Gasteiger charge is -2.26. The molecular formula is C29H26BrNO5. The summed E-state index contributed by atoms with van der Waals surface area (Å²) in [6.07, 6.45) is -0.232. The second kappa shape index (κ2) is 10.5. The molecule has 1 fully saturated rings. The first-order chi connectivity index (χ1) is 17.2. The van der Waals surface area contributed by atoms with E-state index >= 15 is 0 Å². The number of aryl methyl sites for hydroxylation is 1. The average molecular weight is 548 g/mol. The van der Waals surface area contributed by atoms with Crippen LogP contribution in [0.4, 0.5) is 0 Å². The fraction of sp³-hybridized carbons (Fsp3) is 0.207. The van der Waals surface area contributed by atoms with Crippen molar-refractivity contribution in [3.05, 3.63) is 111 Å². The van der Waals surface area contributed by atoms with Crippen LogP contribution in [0.1, 0.15) is 52.5 Å². The van der Waals surface area contributed by atoms with Crippen LogP contribution >= 0.6 is 15.9 Å². The van der Waals surface area contributed by atoms with E-state index in [1.807, 2.05) is 31.2 Å². The summed E-state index contributed by atoms with van der Waals surface area (Å²) in [7, 11) is 0. The van der Waals surface area contributed by atoms with Crippen molar-refractivity contribution < 1.29 is 24.2 Å². The van der Waals surface area contributed by atoms with Crippen molar-refractivity contribution >= 4 is 39.3 Å². The number of aliphatic hydroxyl groups is 1. The number of halogens is 1. The van der Waals surface area contributed by atoms with Crippen LogP contribution in [0.2, 0.25) is 0 Å². The van der Waals surface area contributed by atoms with Crippen LogP contribution in [0.3, 0.4) is 0 Å². The number of carbonyl (C=O) groups is 3. The maximum absolute atomic E-state index is 13.2. The van der Waals surface area contributed by atoms with E-state index in [1.54, 1.807) is 62.4 Å². The molecule has 36 heavy (non-hydrogen) atoms. The number of hydrogen-bond acceptors (Lipinski definition) is 5. The first-order valence-corrected chi connectivity index (χ1v) is 12.4. The van der Waals surface area contributed by atoms with Crippen molar-refractivity contribution in [3.63, 3.8) is 0 Å². The SMILES string of the molecule is Cc1cccc(C2/C(=C(\O)c3ccc(Br)cc3)C(=O)C(=O)N2Cc2ccc(C(=O)OC(C)C)cc2)c1. The molecule has 4 rings (SSSR count). The number of nitrogens with zero attached hydrogens (tertiary/aromatic N) is 1. The number of ketones is 1. The average Bonchev–Trinajstić information content (AvgIpc) is 3.09. The van der Waals surface area contributed by atoms with Gasteiger partial charge >= 0.3 is 5.97 Å². The molecule has 1 heterocycles. The molecule has 1 atom stereocenters. The molecular weight excluding hydrogens is 522 g/mol. The monoisotopic (exact) mass is 547 g/mol. The van der Waals surface area contributed by atoms with Crippen LogP contribution in [-0.2, 0) is 20.9 Å². The van der Waals surface area contributed by atoms with Gasteiger partial charge in [-0.2, -0.15) is 0 Å². The van der Waals surface area contributed by atoms with Crippen LogP contribution in [0.5, 0.6) is 0 Å². The first kappa shape index (κ1) is 25.4. The Balaban J connectivity index is 1.74. The van der Waals surface area contributed by atoms with Gasteiger partial charge in [0.2, 0.25) is 0 Å². The summed E-state index contributed by atoms with van der Waals surface area (Å²) in [5.74, 6) is -2.07. The molecule has 0 aromatic heterocycles. The molecule has 1 N–H and O–H groups in total. The van der Waals surface area contributed by atoms with Gasteiger partial charge in [0.1, 0.15) is 5.76 Å². The van der Waals surface area contributed by atoms with E-state index < -0.39 is 23.7 Å². The van der Waals surface area contributed by atoms with Gasteiger partial charge in [-0.3, -0.25) is 9.59 Å². The first-order valence-electron chi connectivity index (χ1n) is 11.6. The van der Waals surface area contributed by atoms with E-state index in [9.17, 15) is 19.5 Å². The van der Waals surface area contributed by atoms with Gasteiger partial charge in [-0.25, -0.2) is 4.79 Å². The summed E-state index contributed by atoms with van der Waals surface area (Å²) < 4.78 is 6.06. The third-order valence-electron chi connectivity index (χ3n) is 5.90. The molecule has 1 amide bonds. The molecule has 0 saturated carbocycles. The lowest BCUT2D eigenvalue weighted by atomic mass is 9.94. The Kier molecular flexibility index (Phi) is 7.40. The minimum atomic E-state index is -0.765. The number of benzene rings is 3. The van der Waals surface area contributed by atoms with Crippen molar-refractivity contribution in [2.75, 3.05) is 0 Å². The van der Waals surface area contributed by atoms with Crippen LogP contribution in [0.25, 0.3) is 5.76 Å².